The molecule has 2 aromatic rings. The molecule has 180 valence electrons. The minimum absolute atomic E-state index is 0.0985. The molecule has 34 heavy (non-hydrogen) atoms. The maximum absolute atomic E-state index is 13.1. The summed E-state index contributed by atoms with van der Waals surface area (Å²) >= 11 is 0. The minimum atomic E-state index is 0.0985. The molecule has 0 radical (unpaired) electrons. The van der Waals surface area contributed by atoms with Crippen LogP contribution in [0.5, 0.6) is 0 Å². The van der Waals surface area contributed by atoms with Crippen molar-refractivity contribution in [2.75, 3.05) is 26.2 Å². The predicted molar refractivity (Wildman–Crippen MR) is 138 cm³/mol. The Hall–Kier alpha value is -2.63. The Morgan fingerprint density at radius 2 is 1.59 bits per heavy atom. The second-order valence-corrected chi connectivity index (χ2v) is 10.1. The lowest BCUT2D eigenvalue weighted by molar-refractivity contribution is -0.0591. The summed E-state index contributed by atoms with van der Waals surface area (Å²) in [6, 6.07) is 19.9. The molecule has 0 bridgehead atoms. The van der Waals surface area contributed by atoms with Gasteiger partial charge in [0.1, 0.15) is 0 Å². The van der Waals surface area contributed by atoms with E-state index < -0.39 is 0 Å². The number of hydrogen-bond acceptors (Lipinski definition) is 3. The topological polar surface area (TPSA) is 55.8 Å². The van der Waals surface area contributed by atoms with E-state index in [2.05, 4.69) is 58.8 Å². The Morgan fingerprint density at radius 1 is 0.912 bits per heavy atom. The number of carbonyl (C=O) groups is 1. The summed E-state index contributed by atoms with van der Waals surface area (Å²) in [6.45, 7) is 2.71. The van der Waals surface area contributed by atoms with Crippen LogP contribution < -0.4 is 5.32 Å². The molecular formula is C29H37N3O2. The first-order valence-corrected chi connectivity index (χ1v) is 13.0. The fourth-order valence-electron chi connectivity index (χ4n) is 6.05. The van der Waals surface area contributed by atoms with E-state index >= 15 is 0 Å². The first kappa shape index (κ1) is 23.1. The van der Waals surface area contributed by atoms with Gasteiger partial charge in [-0.1, -0.05) is 79.6 Å². The average molecular weight is 460 g/mol. The molecule has 3 atom stereocenters. The van der Waals surface area contributed by atoms with Crippen molar-refractivity contribution in [3.05, 3.63) is 71.3 Å². The van der Waals surface area contributed by atoms with E-state index in [-0.39, 0.29) is 30.6 Å². The van der Waals surface area contributed by atoms with E-state index in [9.17, 15) is 9.90 Å². The fourth-order valence-corrected chi connectivity index (χ4v) is 6.05. The minimum Gasteiger partial charge on any atom is -0.395 e. The van der Waals surface area contributed by atoms with Gasteiger partial charge in [-0.25, -0.2) is 4.79 Å². The van der Waals surface area contributed by atoms with Gasteiger partial charge in [-0.3, -0.25) is 4.90 Å². The lowest BCUT2D eigenvalue weighted by atomic mass is 9.74. The van der Waals surface area contributed by atoms with Crippen LogP contribution in [0.1, 0.15) is 61.1 Å². The van der Waals surface area contributed by atoms with Gasteiger partial charge in [0.25, 0.3) is 0 Å². The molecule has 1 aliphatic carbocycles. The summed E-state index contributed by atoms with van der Waals surface area (Å²) in [5.41, 5.74) is 3.61. The van der Waals surface area contributed by atoms with Gasteiger partial charge in [-0.2, -0.15) is 0 Å². The highest BCUT2D eigenvalue weighted by Crippen LogP contribution is 2.42. The van der Waals surface area contributed by atoms with Crippen molar-refractivity contribution in [3.63, 3.8) is 0 Å². The second-order valence-electron chi connectivity index (χ2n) is 10.1. The molecule has 5 nitrogen and oxygen atoms in total. The lowest BCUT2D eigenvalue weighted by Crippen LogP contribution is -2.68. The van der Waals surface area contributed by atoms with Crippen LogP contribution in [0.25, 0.3) is 12.2 Å². The van der Waals surface area contributed by atoms with Crippen LogP contribution in [0.2, 0.25) is 0 Å². The molecule has 0 aromatic heterocycles. The van der Waals surface area contributed by atoms with Crippen molar-refractivity contribution in [1.82, 2.24) is 15.1 Å². The van der Waals surface area contributed by atoms with Gasteiger partial charge in [0, 0.05) is 37.1 Å². The Labute approximate surface area is 203 Å². The summed E-state index contributed by atoms with van der Waals surface area (Å²) in [5.74, 6) is 0.247. The molecule has 2 saturated heterocycles. The highest BCUT2D eigenvalue weighted by molar-refractivity contribution is 5.74. The van der Waals surface area contributed by atoms with Crippen LogP contribution in [-0.2, 0) is 0 Å². The zero-order valence-electron chi connectivity index (χ0n) is 20.0. The van der Waals surface area contributed by atoms with E-state index in [1.165, 1.54) is 29.5 Å². The Bertz CT molecular complexity index is 969. The molecular weight excluding hydrogens is 422 g/mol. The zero-order valence-corrected chi connectivity index (χ0v) is 20.0. The van der Waals surface area contributed by atoms with Crippen LogP contribution in [0.4, 0.5) is 4.79 Å². The zero-order chi connectivity index (χ0) is 23.3. The molecule has 2 aliphatic heterocycles. The van der Waals surface area contributed by atoms with Crippen LogP contribution in [0.3, 0.4) is 0 Å². The van der Waals surface area contributed by atoms with E-state index in [0.29, 0.717) is 6.04 Å². The third-order valence-corrected chi connectivity index (χ3v) is 7.93. The summed E-state index contributed by atoms with van der Waals surface area (Å²) in [7, 11) is 0. The van der Waals surface area contributed by atoms with Gasteiger partial charge < -0.3 is 15.3 Å². The van der Waals surface area contributed by atoms with Crippen LogP contribution in [-0.4, -0.2) is 65.3 Å². The van der Waals surface area contributed by atoms with Gasteiger partial charge in [0.2, 0.25) is 0 Å². The van der Waals surface area contributed by atoms with Gasteiger partial charge in [0.05, 0.1) is 6.61 Å². The number of hydrogen-bond donors (Lipinski definition) is 2. The monoisotopic (exact) mass is 459 g/mol. The highest BCUT2D eigenvalue weighted by atomic mass is 16.3. The maximum atomic E-state index is 13.1. The lowest BCUT2D eigenvalue weighted by Gasteiger charge is -2.57. The van der Waals surface area contributed by atoms with E-state index in [0.717, 1.165) is 45.3 Å². The number of amides is 2. The summed E-state index contributed by atoms with van der Waals surface area (Å²) < 4.78 is 0. The molecule has 3 aliphatic rings. The third kappa shape index (κ3) is 5.06. The quantitative estimate of drug-likeness (QED) is 0.636. The van der Waals surface area contributed by atoms with E-state index in [1.807, 2.05) is 23.1 Å². The number of urea groups is 1. The largest absolute Gasteiger partial charge is 0.395 e. The molecule has 0 spiro atoms. The number of nitrogens with zero attached hydrogens (tertiary/aromatic N) is 2. The number of rotatable bonds is 5. The molecule has 5 rings (SSSR count). The normalized spacial score (nSPS) is 26.0. The van der Waals surface area contributed by atoms with Gasteiger partial charge in [0.15, 0.2) is 0 Å². The van der Waals surface area contributed by atoms with Crippen molar-refractivity contribution in [3.8, 4) is 0 Å². The van der Waals surface area contributed by atoms with E-state index in [1.54, 1.807) is 0 Å². The van der Waals surface area contributed by atoms with Crippen molar-refractivity contribution < 1.29 is 9.90 Å². The smallest absolute Gasteiger partial charge is 0.317 e. The molecule has 1 saturated carbocycles. The van der Waals surface area contributed by atoms with Gasteiger partial charge >= 0.3 is 6.03 Å². The number of fused-ring (bicyclic) bond motifs is 1. The first-order valence-electron chi connectivity index (χ1n) is 13.0. The molecule has 2 N–H and O–H groups in total. The average Bonchev–Trinajstić information content (AvgIpc) is 3.36. The summed E-state index contributed by atoms with van der Waals surface area (Å²) in [5, 5.41) is 13.5. The Kier molecular flexibility index (Phi) is 7.31. The van der Waals surface area contributed by atoms with Gasteiger partial charge in [-0.15, -0.1) is 0 Å². The number of aliphatic hydroxyl groups excluding tert-OH is 1. The van der Waals surface area contributed by atoms with Crippen LogP contribution in [0.15, 0.2) is 54.6 Å². The highest BCUT2D eigenvalue weighted by Gasteiger charge is 2.49. The van der Waals surface area contributed by atoms with Crippen LogP contribution in [0, 0.1) is 0 Å². The Balaban J connectivity index is 1.29. The van der Waals surface area contributed by atoms with E-state index in [4.69, 9.17) is 0 Å². The number of nitrogens with one attached hydrogen (secondary N) is 1. The van der Waals surface area contributed by atoms with Crippen LogP contribution >= 0.6 is 0 Å². The molecule has 2 aromatic carbocycles. The summed E-state index contributed by atoms with van der Waals surface area (Å²) in [6.07, 6.45) is 11.0. The van der Waals surface area contributed by atoms with Crippen molar-refractivity contribution in [2.24, 2.45) is 0 Å². The maximum Gasteiger partial charge on any atom is 0.317 e. The molecule has 5 heteroatoms. The first-order chi connectivity index (χ1) is 16.7. The van der Waals surface area contributed by atoms with Crippen molar-refractivity contribution in [1.29, 1.82) is 0 Å². The molecule has 0 unspecified atom stereocenters. The second kappa shape index (κ2) is 10.7. The Morgan fingerprint density at radius 3 is 2.29 bits per heavy atom. The standard InChI is InChI=1S/C29H37N3O2/c33-21-27-28(24-16-14-23(15-17-24)13-12-22-8-2-1-3-9-22)26-20-31(18-6-7-19-32(26)27)29(34)30-25-10-4-5-11-25/h1-3,8-9,12-17,25-28,33H,4-7,10-11,18-21H2,(H,30,34)/b13-12+/t26-,27+,28+/m0/s1. The molecule has 2 heterocycles. The fraction of sp³-hybridized carbons (Fsp3) is 0.483. The molecule has 2 amide bonds. The van der Waals surface area contributed by atoms with Crippen molar-refractivity contribution in [2.45, 2.75) is 62.6 Å². The predicted octanol–water partition coefficient (Wildman–Crippen LogP) is 4.73. The number of aliphatic hydroxyl groups is 1. The molecule has 3 fully saturated rings. The number of benzene rings is 2. The van der Waals surface area contributed by atoms with Gasteiger partial charge in [-0.05, 0) is 48.9 Å². The van der Waals surface area contributed by atoms with Crippen molar-refractivity contribution >= 4 is 18.2 Å². The number of carbonyl (C=O) groups excluding carboxylic acids is 1. The summed E-state index contributed by atoms with van der Waals surface area (Å²) in [4.78, 5) is 17.5. The third-order valence-electron chi connectivity index (χ3n) is 7.93. The SMILES string of the molecule is O=C(NC1CCCC1)N1CCCCN2[C@H](CO)[C@H](c3ccc(/C=C/c4ccccc4)cc3)[C@@H]2C1.